The molecule has 0 aliphatic carbocycles. The molecule has 0 atom stereocenters. The minimum atomic E-state index is -4.66. The third-order valence-electron chi connectivity index (χ3n) is 4.78. The van der Waals surface area contributed by atoms with Gasteiger partial charge in [0.2, 0.25) is 5.82 Å². The third-order valence-corrected chi connectivity index (χ3v) is 5.72. The molecule has 1 aromatic heterocycles. The number of nitrogens with zero attached hydrogens (tertiary/aromatic N) is 1. The van der Waals surface area contributed by atoms with E-state index in [-0.39, 0.29) is 36.3 Å². The molecule has 2 aromatic carbocycles. The second-order valence-electron chi connectivity index (χ2n) is 6.85. The van der Waals surface area contributed by atoms with Crippen LogP contribution >= 0.6 is 11.5 Å². The van der Waals surface area contributed by atoms with Gasteiger partial charge in [0, 0.05) is 17.7 Å². The summed E-state index contributed by atoms with van der Waals surface area (Å²) in [5.74, 6) is -2.90. The number of ether oxygens (including phenoxy) is 1. The average molecular weight is 457 g/mol. The van der Waals surface area contributed by atoms with Crippen LogP contribution in [0.4, 0.5) is 22.0 Å². The number of rotatable bonds is 8. The lowest BCUT2D eigenvalue weighted by atomic mass is 10.0. The molecule has 0 spiro atoms. The summed E-state index contributed by atoms with van der Waals surface area (Å²) >= 11 is 0.295. The van der Waals surface area contributed by atoms with Crippen molar-refractivity contribution in [3.63, 3.8) is 0 Å². The van der Waals surface area contributed by atoms with Crippen LogP contribution < -0.4 is 4.74 Å². The predicted molar refractivity (Wildman–Crippen MR) is 108 cm³/mol. The van der Waals surface area contributed by atoms with E-state index < -0.39 is 35.0 Å². The number of benzene rings is 2. The zero-order valence-corrected chi connectivity index (χ0v) is 17.4. The largest absolute Gasteiger partial charge is 0.486 e. The molecule has 166 valence electrons. The van der Waals surface area contributed by atoms with E-state index in [0.29, 0.717) is 17.1 Å². The van der Waals surface area contributed by atoms with E-state index in [1.807, 2.05) is 6.92 Å². The predicted octanol–water partition coefficient (Wildman–Crippen LogP) is 6.17. The summed E-state index contributed by atoms with van der Waals surface area (Å²) in [6.07, 6.45) is -3.49. The van der Waals surface area contributed by atoms with E-state index in [1.165, 1.54) is 12.1 Å². The van der Waals surface area contributed by atoms with Gasteiger partial charge in [-0.15, -0.1) is 0 Å². The van der Waals surface area contributed by atoms with E-state index in [4.69, 9.17) is 9.84 Å². The van der Waals surface area contributed by atoms with E-state index in [9.17, 15) is 22.0 Å². The van der Waals surface area contributed by atoms with Crippen molar-refractivity contribution in [2.75, 3.05) is 6.61 Å². The Bertz CT molecular complexity index is 1030. The minimum absolute atomic E-state index is 0.0591. The molecule has 3 aromatic rings. The lowest BCUT2D eigenvalue weighted by Gasteiger charge is -2.13. The highest BCUT2D eigenvalue weighted by Crippen LogP contribution is 2.40. The Morgan fingerprint density at radius 1 is 1.03 bits per heavy atom. The second kappa shape index (κ2) is 9.74. The SMILES string of the molecule is CCc1ccc(-c2nsc(C(F)(F)F)c2COc2ccc(CCCO)c(F)c2F)cc1. The van der Waals surface area contributed by atoms with Gasteiger partial charge >= 0.3 is 6.18 Å². The van der Waals surface area contributed by atoms with Crippen molar-refractivity contribution < 1.29 is 31.8 Å². The van der Waals surface area contributed by atoms with Crippen molar-refractivity contribution in [1.82, 2.24) is 4.37 Å². The van der Waals surface area contributed by atoms with Crippen LogP contribution in [0.1, 0.15) is 34.9 Å². The number of aromatic nitrogens is 1. The van der Waals surface area contributed by atoms with Gasteiger partial charge in [0.05, 0.1) is 5.69 Å². The Morgan fingerprint density at radius 3 is 2.35 bits per heavy atom. The molecule has 1 N–H and O–H groups in total. The summed E-state index contributed by atoms with van der Waals surface area (Å²) < 4.78 is 78.3. The molecule has 3 nitrogen and oxygen atoms in total. The van der Waals surface area contributed by atoms with E-state index in [0.717, 1.165) is 12.0 Å². The van der Waals surface area contributed by atoms with Gasteiger partial charge in [0.1, 0.15) is 11.5 Å². The zero-order valence-electron chi connectivity index (χ0n) is 16.6. The van der Waals surface area contributed by atoms with Crippen molar-refractivity contribution in [2.24, 2.45) is 0 Å². The number of aliphatic hydroxyl groups is 1. The van der Waals surface area contributed by atoms with Gasteiger partial charge in [0.15, 0.2) is 11.6 Å². The van der Waals surface area contributed by atoms with Gasteiger partial charge in [-0.3, -0.25) is 0 Å². The van der Waals surface area contributed by atoms with Crippen LogP contribution in [-0.4, -0.2) is 16.1 Å². The third kappa shape index (κ3) is 5.22. The van der Waals surface area contributed by atoms with Crippen LogP contribution in [0.25, 0.3) is 11.3 Å². The summed E-state index contributed by atoms with van der Waals surface area (Å²) in [6, 6.07) is 9.42. The fourth-order valence-electron chi connectivity index (χ4n) is 3.09. The van der Waals surface area contributed by atoms with Gasteiger partial charge in [-0.25, -0.2) is 4.39 Å². The van der Waals surface area contributed by atoms with E-state index in [1.54, 1.807) is 24.3 Å². The number of hydrogen-bond donors (Lipinski definition) is 1. The van der Waals surface area contributed by atoms with Crippen molar-refractivity contribution in [3.05, 3.63) is 69.6 Å². The molecule has 9 heteroatoms. The first-order valence-electron chi connectivity index (χ1n) is 9.61. The smallest absolute Gasteiger partial charge is 0.427 e. The molecular weight excluding hydrogens is 437 g/mol. The fraction of sp³-hybridized carbons (Fsp3) is 0.318. The maximum atomic E-state index is 14.4. The maximum Gasteiger partial charge on any atom is 0.427 e. The summed E-state index contributed by atoms with van der Waals surface area (Å²) in [4.78, 5) is -0.942. The molecule has 0 unspecified atom stereocenters. The second-order valence-corrected chi connectivity index (χ2v) is 7.63. The first kappa shape index (κ1) is 23.1. The first-order valence-corrected chi connectivity index (χ1v) is 10.4. The standard InChI is InChI=1S/C22H20F5NO2S/c1-2-13-5-7-15(8-6-13)20-16(21(31-28-20)22(25,26)27)12-30-17-10-9-14(4-3-11-29)18(23)19(17)24/h5-10,29H,2-4,11-12H2,1H3. The van der Waals surface area contributed by atoms with Gasteiger partial charge in [-0.05, 0) is 48.0 Å². The molecule has 0 saturated carbocycles. The maximum absolute atomic E-state index is 14.4. The molecule has 31 heavy (non-hydrogen) atoms. The normalized spacial score (nSPS) is 11.7. The van der Waals surface area contributed by atoms with Crippen LogP contribution in [0.3, 0.4) is 0 Å². The lowest BCUT2D eigenvalue weighted by Crippen LogP contribution is -2.09. The molecule has 0 aliphatic heterocycles. The van der Waals surface area contributed by atoms with E-state index in [2.05, 4.69) is 4.37 Å². The summed E-state index contributed by atoms with van der Waals surface area (Å²) in [7, 11) is 0. The lowest BCUT2D eigenvalue weighted by molar-refractivity contribution is -0.135. The average Bonchev–Trinajstić information content (AvgIpc) is 3.18. The van der Waals surface area contributed by atoms with Crippen LogP contribution in [0.5, 0.6) is 5.75 Å². The molecule has 0 aliphatic rings. The molecule has 0 amide bonds. The molecule has 0 saturated heterocycles. The van der Waals surface area contributed by atoms with Crippen molar-refractivity contribution in [2.45, 2.75) is 39.0 Å². The Balaban J connectivity index is 1.91. The number of hydrogen-bond acceptors (Lipinski definition) is 4. The molecule has 1 heterocycles. The monoisotopic (exact) mass is 457 g/mol. The molecular formula is C22H20F5NO2S. The van der Waals surface area contributed by atoms with Gasteiger partial charge in [-0.1, -0.05) is 37.3 Å². The fourth-order valence-corrected chi connectivity index (χ4v) is 3.85. The highest BCUT2D eigenvalue weighted by molar-refractivity contribution is 7.06. The quantitative estimate of drug-likeness (QED) is 0.411. The number of aryl methyl sites for hydroxylation is 2. The number of alkyl halides is 3. The first-order chi connectivity index (χ1) is 14.8. The Labute approximate surface area is 180 Å². The Hall–Kier alpha value is -2.52. The Morgan fingerprint density at radius 2 is 1.74 bits per heavy atom. The number of aliphatic hydroxyl groups excluding tert-OH is 1. The summed E-state index contributed by atoms with van der Waals surface area (Å²) in [5.41, 5.74) is 1.43. The van der Waals surface area contributed by atoms with Crippen LogP contribution in [0.15, 0.2) is 36.4 Å². The minimum Gasteiger partial charge on any atom is -0.486 e. The Kier molecular flexibility index (Phi) is 7.27. The van der Waals surface area contributed by atoms with Crippen LogP contribution in [-0.2, 0) is 25.6 Å². The number of halogens is 5. The molecule has 0 bridgehead atoms. The van der Waals surface area contributed by atoms with Crippen molar-refractivity contribution >= 4 is 11.5 Å². The molecule has 0 fully saturated rings. The van der Waals surface area contributed by atoms with Crippen LogP contribution in [0.2, 0.25) is 0 Å². The van der Waals surface area contributed by atoms with Gasteiger partial charge in [-0.2, -0.15) is 21.9 Å². The highest BCUT2D eigenvalue weighted by atomic mass is 32.1. The van der Waals surface area contributed by atoms with Gasteiger partial charge in [0.25, 0.3) is 0 Å². The topological polar surface area (TPSA) is 42.4 Å². The molecule has 0 radical (unpaired) electrons. The summed E-state index contributed by atoms with van der Waals surface area (Å²) in [6.45, 7) is 1.16. The van der Waals surface area contributed by atoms with Crippen molar-refractivity contribution in [3.8, 4) is 17.0 Å². The molecule has 3 rings (SSSR count). The van der Waals surface area contributed by atoms with Gasteiger partial charge < -0.3 is 9.84 Å². The zero-order chi connectivity index (χ0) is 22.6. The highest BCUT2D eigenvalue weighted by Gasteiger charge is 2.38. The summed E-state index contributed by atoms with van der Waals surface area (Å²) in [5, 5.41) is 8.84. The van der Waals surface area contributed by atoms with E-state index >= 15 is 0 Å². The van der Waals surface area contributed by atoms with Crippen LogP contribution in [0, 0.1) is 11.6 Å². The van der Waals surface area contributed by atoms with Crippen molar-refractivity contribution in [1.29, 1.82) is 0 Å².